The van der Waals surface area contributed by atoms with Crippen LogP contribution >= 0.6 is 11.3 Å². The van der Waals surface area contributed by atoms with Crippen LogP contribution in [-0.2, 0) is 9.57 Å². The summed E-state index contributed by atoms with van der Waals surface area (Å²) in [7, 11) is 2.80. The van der Waals surface area contributed by atoms with Gasteiger partial charge in [0.1, 0.15) is 17.8 Å². The van der Waals surface area contributed by atoms with Gasteiger partial charge in [0, 0.05) is 28.0 Å². The highest BCUT2D eigenvalue weighted by atomic mass is 32.1. The van der Waals surface area contributed by atoms with Gasteiger partial charge in [0.15, 0.2) is 5.69 Å². The molecule has 6 nitrogen and oxygen atoms in total. The van der Waals surface area contributed by atoms with Crippen LogP contribution < -0.4 is 0 Å². The molecule has 1 aromatic carbocycles. The summed E-state index contributed by atoms with van der Waals surface area (Å²) in [5, 5.41) is 7.32. The molecule has 0 atom stereocenters. The molecule has 0 saturated heterocycles. The molecule has 0 aliphatic rings. The number of hydrogen-bond acceptors (Lipinski definition) is 6. The van der Waals surface area contributed by atoms with E-state index in [1.165, 1.54) is 25.6 Å². The topological polar surface area (TPSA) is 76.6 Å². The molecule has 0 aliphatic heterocycles. The molecule has 112 valence electrons. The van der Waals surface area contributed by atoms with Crippen molar-refractivity contribution in [2.45, 2.75) is 0 Å². The number of rotatable bonds is 4. The van der Waals surface area contributed by atoms with E-state index in [-0.39, 0.29) is 5.69 Å². The largest absolute Gasteiger partial charge is 0.464 e. The standard InChI is InChI=1S/C15H13N3O3S/c1-20-15(19)12-8-22-14(17-12)13(18-21-2)10-7-16-11-6-4-3-5-9(10)11/h3-8,16H,1-2H3. The van der Waals surface area contributed by atoms with Crippen molar-refractivity contribution in [2.75, 3.05) is 14.2 Å². The quantitative estimate of drug-likeness (QED) is 0.456. The normalized spacial score (nSPS) is 11.6. The molecular formula is C15H13N3O3S. The third-order valence-electron chi connectivity index (χ3n) is 3.13. The van der Waals surface area contributed by atoms with Crippen LogP contribution in [0.1, 0.15) is 21.1 Å². The Hall–Kier alpha value is -2.67. The number of aromatic nitrogens is 2. The second-order valence-electron chi connectivity index (χ2n) is 4.40. The van der Waals surface area contributed by atoms with E-state index in [0.717, 1.165) is 16.5 Å². The maximum absolute atomic E-state index is 11.6. The van der Waals surface area contributed by atoms with Crippen LogP contribution in [0.15, 0.2) is 41.0 Å². The van der Waals surface area contributed by atoms with Crippen LogP contribution in [0, 0.1) is 0 Å². The fraction of sp³-hybridized carbons (Fsp3) is 0.133. The molecule has 0 unspecified atom stereocenters. The Labute approximate surface area is 130 Å². The van der Waals surface area contributed by atoms with Gasteiger partial charge < -0.3 is 14.6 Å². The number of ether oxygens (including phenoxy) is 1. The fourth-order valence-electron chi connectivity index (χ4n) is 2.14. The first-order valence-corrected chi connectivity index (χ1v) is 7.34. The Balaban J connectivity index is 2.09. The molecule has 2 aromatic heterocycles. The van der Waals surface area contributed by atoms with Crippen LogP contribution in [0.3, 0.4) is 0 Å². The molecule has 1 N–H and O–H groups in total. The van der Waals surface area contributed by atoms with E-state index in [9.17, 15) is 4.79 Å². The molecule has 0 radical (unpaired) electrons. The van der Waals surface area contributed by atoms with E-state index in [1.807, 2.05) is 30.5 Å². The molecular weight excluding hydrogens is 302 g/mol. The Kier molecular flexibility index (Phi) is 3.88. The number of nitrogens with zero attached hydrogens (tertiary/aromatic N) is 2. The highest BCUT2D eigenvalue weighted by Crippen LogP contribution is 2.23. The molecule has 3 rings (SSSR count). The molecule has 0 spiro atoms. The zero-order valence-electron chi connectivity index (χ0n) is 12.0. The van der Waals surface area contributed by atoms with Gasteiger partial charge in [0.05, 0.1) is 7.11 Å². The van der Waals surface area contributed by atoms with Gasteiger partial charge in [-0.3, -0.25) is 0 Å². The van der Waals surface area contributed by atoms with Crippen LogP contribution in [-0.4, -0.2) is 35.9 Å². The van der Waals surface area contributed by atoms with Crippen LogP contribution in [0.2, 0.25) is 0 Å². The Morgan fingerprint density at radius 3 is 2.91 bits per heavy atom. The zero-order valence-corrected chi connectivity index (χ0v) is 12.8. The van der Waals surface area contributed by atoms with E-state index in [1.54, 1.807) is 5.38 Å². The third-order valence-corrected chi connectivity index (χ3v) is 3.98. The first-order chi connectivity index (χ1) is 10.7. The molecule has 22 heavy (non-hydrogen) atoms. The first-order valence-electron chi connectivity index (χ1n) is 6.46. The molecule has 7 heteroatoms. The van der Waals surface area contributed by atoms with Gasteiger partial charge in [-0.25, -0.2) is 9.78 Å². The van der Waals surface area contributed by atoms with Gasteiger partial charge in [-0.15, -0.1) is 11.3 Å². The summed E-state index contributed by atoms with van der Waals surface area (Å²) in [4.78, 5) is 24.0. The lowest BCUT2D eigenvalue weighted by atomic mass is 10.1. The SMILES string of the molecule is CON=C(c1nc(C(=O)OC)cs1)c1c[nH]c2ccccc12. The highest BCUT2D eigenvalue weighted by molar-refractivity contribution is 7.12. The third kappa shape index (κ3) is 2.46. The summed E-state index contributed by atoms with van der Waals surface area (Å²) in [6.45, 7) is 0. The smallest absolute Gasteiger partial charge is 0.357 e. The van der Waals surface area contributed by atoms with Gasteiger partial charge in [0.2, 0.25) is 0 Å². The number of benzene rings is 1. The average Bonchev–Trinajstić information content (AvgIpc) is 3.19. The Morgan fingerprint density at radius 1 is 1.32 bits per heavy atom. The number of carbonyl (C=O) groups is 1. The number of esters is 1. The number of H-pyrrole nitrogens is 1. The summed E-state index contributed by atoms with van der Waals surface area (Å²) in [5.74, 6) is -0.474. The lowest BCUT2D eigenvalue weighted by Gasteiger charge is -2.01. The van der Waals surface area contributed by atoms with Crippen molar-refractivity contribution < 1.29 is 14.4 Å². The minimum Gasteiger partial charge on any atom is -0.464 e. The van der Waals surface area contributed by atoms with Gasteiger partial charge in [-0.2, -0.15) is 0 Å². The predicted molar refractivity (Wildman–Crippen MR) is 84.4 cm³/mol. The molecule has 0 bridgehead atoms. The number of aromatic amines is 1. The number of fused-ring (bicyclic) bond motifs is 1. The second kappa shape index (κ2) is 5.98. The minimum atomic E-state index is -0.474. The number of oxime groups is 1. The van der Waals surface area contributed by atoms with Crippen LogP contribution in [0.5, 0.6) is 0 Å². The van der Waals surface area contributed by atoms with Gasteiger partial charge in [-0.05, 0) is 6.07 Å². The minimum absolute atomic E-state index is 0.256. The highest BCUT2D eigenvalue weighted by Gasteiger charge is 2.19. The average molecular weight is 315 g/mol. The monoisotopic (exact) mass is 315 g/mol. The molecule has 0 amide bonds. The zero-order chi connectivity index (χ0) is 15.5. The maximum Gasteiger partial charge on any atom is 0.357 e. The van der Waals surface area contributed by atoms with E-state index in [2.05, 4.69) is 19.9 Å². The van der Waals surface area contributed by atoms with E-state index in [4.69, 9.17) is 4.84 Å². The summed E-state index contributed by atoms with van der Waals surface area (Å²) in [6.07, 6.45) is 1.85. The number of methoxy groups -OCH3 is 1. The molecule has 0 aliphatic carbocycles. The van der Waals surface area contributed by atoms with Crippen molar-refractivity contribution in [1.29, 1.82) is 0 Å². The second-order valence-corrected chi connectivity index (χ2v) is 5.26. The summed E-state index contributed by atoms with van der Waals surface area (Å²) in [6, 6.07) is 7.87. The summed E-state index contributed by atoms with van der Waals surface area (Å²) >= 11 is 1.31. The number of hydrogen-bond donors (Lipinski definition) is 1. The molecule has 0 fully saturated rings. The summed E-state index contributed by atoms with van der Waals surface area (Å²) in [5.41, 5.74) is 2.68. The maximum atomic E-state index is 11.6. The number of para-hydroxylation sites is 1. The van der Waals surface area contributed by atoms with Crippen molar-refractivity contribution >= 4 is 33.9 Å². The first kappa shape index (κ1) is 14.3. The van der Waals surface area contributed by atoms with E-state index >= 15 is 0 Å². The lowest BCUT2D eigenvalue weighted by molar-refractivity contribution is 0.0595. The fourth-order valence-corrected chi connectivity index (χ4v) is 2.93. The molecule has 2 heterocycles. The van der Waals surface area contributed by atoms with Crippen molar-refractivity contribution in [3.8, 4) is 0 Å². The van der Waals surface area contributed by atoms with E-state index in [0.29, 0.717) is 10.7 Å². The van der Waals surface area contributed by atoms with Crippen molar-refractivity contribution in [1.82, 2.24) is 9.97 Å². The van der Waals surface area contributed by atoms with Gasteiger partial charge in [0.25, 0.3) is 0 Å². The number of carbonyl (C=O) groups excluding carboxylic acids is 1. The van der Waals surface area contributed by atoms with Crippen molar-refractivity contribution in [2.24, 2.45) is 5.16 Å². The van der Waals surface area contributed by atoms with Crippen LogP contribution in [0.4, 0.5) is 0 Å². The van der Waals surface area contributed by atoms with Gasteiger partial charge >= 0.3 is 5.97 Å². The number of nitrogens with one attached hydrogen (secondary N) is 1. The molecule has 3 aromatic rings. The van der Waals surface area contributed by atoms with Gasteiger partial charge in [-0.1, -0.05) is 23.4 Å². The van der Waals surface area contributed by atoms with E-state index < -0.39 is 5.97 Å². The van der Waals surface area contributed by atoms with Crippen molar-refractivity contribution in [3.05, 3.63) is 52.1 Å². The Bertz CT molecular complexity index is 850. The lowest BCUT2D eigenvalue weighted by Crippen LogP contribution is -2.06. The van der Waals surface area contributed by atoms with Crippen molar-refractivity contribution in [3.63, 3.8) is 0 Å². The Morgan fingerprint density at radius 2 is 2.14 bits per heavy atom. The van der Waals surface area contributed by atoms with Crippen LogP contribution in [0.25, 0.3) is 10.9 Å². The number of thiazole rings is 1. The molecule has 0 saturated carbocycles. The predicted octanol–water partition coefficient (Wildman–Crippen LogP) is 2.81. The summed E-state index contributed by atoms with van der Waals surface area (Å²) < 4.78 is 4.68.